The van der Waals surface area contributed by atoms with E-state index in [1.165, 1.54) is 5.56 Å². The average molecular weight is 284 g/mol. The Bertz CT molecular complexity index is 597. The molecule has 1 aliphatic rings. The molecule has 2 aromatic rings. The summed E-state index contributed by atoms with van der Waals surface area (Å²) in [6, 6.07) is 20.0. The molecule has 0 aromatic heterocycles. The highest BCUT2D eigenvalue weighted by Crippen LogP contribution is 2.68. The minimum atomic E-state index is -0.985. The second-order valence-corrected chi connectivity index (χ2v) is 6.26. The largest absolute Gasteiger partial charge is 0.396 e. The van der Waals surface area contributed by atoms with Crippen molar-refractivity contribution in [3.8, 4) is 0 Å². The normalized spacial score (nSPS) is 31.1. The van der Waals surface area contributed by atoms with Crippen molar-refractivity contribution in [3.05, 3.63) is 71.8 Å². The molecule has 2 aromatic carbocycles. The molecule has 2 heteroatoms. The van der Waals surface area contributed by atoms with E-state index in [4.69, 9.17) is 0 Å². The number of hydrogen-bond donors (Lipinski definition) is 1. The lowest BCUT2D eigenvalue weighted by Gasteiger charge is -2.21. The molecular weight excluding hydrogens is 263 g/mol. The monoisotopic (exact) mass is 284 g/mol. The number of halogens is 1. The number of alkyl halides is 1. The molecule has 0 spiro atoms. The zero-order valence-corrected chi connectivity index (χ0v) is 12.3. The van der Waals surface area contributed by atoms with Gasteiger partial charge in [-0.05, 0) is 24.0 Å². The van der Waals surface area contributed by atoms with Crippen LogP contribution in [0, 0.1) is 5.41 Å². The van der Waals surface area contributed by atoms with Crippen LogP contribution in [0.4, 0.5) is 4.39 Å². The summed E-state index contributed by atoms with van der Waals surface area (Å²) in [6.45, 7) is 1.74. The SMILES string of the molecule is C[C@]1(CO)[C@H](F)[C@@]1(CCc1ccccc1)c1ccccc1. The van der Waals surface area contributed by atoms with Gasteiger partial charge in [-0.25, -0.2) is 4.39 Å². The topological polar surface area (TPSA) is 20.2 Å². The number of aliphatic hydroxyl groups is 1. The standard InChI is InChI=1S/C19H21FO/c1-18(14-21)17(20)19(18,16-10-6-3-7-11-16)13-12-15-8-4-2-5-9-15/h2-11,17,21H,12-14H2,1H3/t17-,18-,19+/m0/s1. The van der Waals surface area contributed by atoms with Crippen LogP contribution in [0.2, 0.25) is 0 Å². The maximum absolute atomic E-state index is 14.7. The van der Waals surface area contributed by atoms with Crippen LogP contribution in [0.15, 0.2) is 60.7 Å². The van der Waals surface area contributed by atoms with Crippen molar-refractivity contribution in [2.45, 2.75) is 31.4 Å². The summed E-state index contributed by atoms with van der Waals surface area (Å²) < 4.78 is 14.7. The van der Waals surface area contributed by atoms with Gasteiger partial charge in [0.2, 0.25) is 0 Å². The molecule has 1 saturated carbocycles. The molecule has 1 aliphatic carbocycles. The van der Waals surface area contributed by atoms with Crippen molar-refractivity contribution in [1.29, 1.82) is 0 Å². The lowest BCUT2D eigenvalue weighted by atomic mass is 9.82. The Kier molecular flexibility index (Phi) is 3.58. The molecule has 1 nitrogen and oxygen atoms in total. The molecule has 0 saturated heterocycles. The summed E-state index contributed by atoms with van der Waals surface area (Å²) in [6.07, 6.45) is 0.562. The minimum absolute atomic E-state index is 0.113. The minimum Gasteiger partial charge on any atom is -0.396 e. The summed E-state index contributed by atoms with van der Waals surface area (Å²) in [7, 11) is 0. The smallest absolute Gasteiger partial charge is 0.119 e. The second kappa shape index (κ2) is 5.27. The molecule has 3 rings (SSSR count). The first kappa shape index (κ1) is 14.3. The van der Waals surface area contributed by atoms with Gasteiger partial charge in [-0.15, -0.1) is 0 Å². The van der Waals surface area contributed by atoms with Gasteiger partial charge in [0.05, 0.1) is 6.61 Å². The zero-order chi connectivity index (χ0) is 14.9. The van der Waals surface area contributed by atoms with Crippen LogP contribution in [-0.2, 0) is 11.8 Å². The maximum Gasteiger partial charge on any atom is 0.119 e. The van der Waals surface area contributed by atoms with E-state index in [0.717, 1.165) is 18.4 Å². The highest BCUT2D eigenvalue weighted by atomic mass is 19.1. The van der Waals surface area contributed by atoms with E-state index >= 15 is 0 Å². The molecule has 0 amide bonds. The molecular formula is C19H21FO. The summed E-state index contributed by atoms with van der Waals surface area (Å²) in [5.41, 5.74) is 0.999. The number of hydrogen-bond acceptors (Lipinski definition) is 1. The van der Waals surface area contributed by atoms with Gasteiger partial charge in [0.15, 0.2) is 0 Å². The number of benzene rings is 2. The van der Waals surface area contributed by atoms with Crippen LogP contribution in [-0.4, -0.2) is 17.9 Å². The van der Waals surface area contributed by atoms with Crippen LogP contribution >= 0.6 is 0 Å². The van der Waals surface area contributed by atoms with Gasteiger partial charge in [-0.3, -0.25) is 0 Å². The van der Waals surface area contributed by atoms with Crippen molar-refractivity contribution >= 4 is 0 Å². The molecule has 1 N–H and O–H groups in total. The molecule has 0 aliphatic heterocycles. The third kappa shape index (κ3) is 2.09. The van der Waals surface area contributed by atoms with Crippen molar-refractivity contribution in [2.75, 3.05) is 6.61 Å². The lowest BCUT2D eigenvalue weighted by Crippen LogP contribution is -2.20. The van der Waals surface area contributed by atoms with E-state index in [-0.39, 0.29) is 6.61 Å². The summed E-state index contributed by atoms with van der Waals surface area (Å²) in [5.74, 6) is 0. The number of aryl methyl sites for hydroxylation is 1. The first-order valence-corrected chi connectivity index (χ1v) is 7.49. The fourth-order valence-electron chi connectivity index (χ4n) is 3.67. The van der Waals surface area contributed by atoms with Crippen molar-refractivity contribution in [3.63, 3.8) is 0 Å². The van der Waals surface area contributed by atoms with Gasteiger partial charge in [-0.1, -0.05) is 67.6 Å². The average Bonchev–Trinajstić information content (AvgIpc) is 3.04. The van der Waals surface area contributed by atoms with Crippen LogP contribution < -0.4 is 0 Å². The van der Waals surface area contributed by atoms with E-state index in [1.54, 1.807) is 0 Å². The van der Waals surface area contributed by atoms with E-state index in [2.05, 4.69) is 12.1 Å². The predicted molar refractivity (Wildman–Crippen MR) is 83.0 cm³/mol. The Labute approximate surface area is 125 Å². The Hall–Kier alpha value is -1.67. The molecule has 1 fully saturated rings. The molecule has 0 radical (unpaired) electrons. The number of rotatable bonds is 5. The molecule has 0 unspecified atom stereocenters. The fraction of sp³-hybridized carbons (Fsp3) is 0.368. The Morgan fingerprint density at radius 1 is 1.00 bits per heavy atom. The van der Waals surface area contributed by atoms with E-state index < -0.39 is 17.0 Å². The van der Waals surface area contributed by atoms with Gasteiger partial charge < -0.3 is 5.11 Å². The Morgan fingerprint density at radius 3 is 2.10 bits per heavy atom. The van der Waals surface area contributed by atoms with Gasteiger partial charge in [-0.2, -0.15) is 0 Å². The van der Waals surface area contributed by atoms with Crippen LogP contribution in [0.25, 0.3) is 0 Å². The van der Waals surface area contributed by atoms with Gasteiger partial charge >= 0.3 is 0 Å². The highest BCUT2D eigenvalue weighted by Gasteiger charge is 2.74. The van der Waals surface area contributed by atoms with Crippen molar-refractivity contribution in [2.24, 2.45) is 5.41 Å². The molecule has 110 valence electrons. The first-order chi connectivity index (χ1) is 10.1. The van der Waals surface area contributed by atoms with E-state index in [0.29, 0.717) is 0 Å². The predicted octanol–water partition coefficient (Wildman–Crippen LogP) is 3.91. The fourth-order valence-corrected chi connectivity index (χ4v) is 3.67. The third-order valence-electron chi connectivity index (χ3n) is 5.20. The first-order valence-electron chi connectivity index (χ1n) is 7.49. The summed E-state index contributed by atoms with van der Waals surface area (Å²) in [4.78, 5) is 0. The molecule has 3 atom stereocenters. The Morgan fingerprint density at radius 2 is 1.57 bits per heavy atom. The van der Waals surface area contributed by atoms with Crippen LogP contribution in [0.5, 0.6) is 0 Å². The van der Waals surface area contributed by atoms with E-state index in [1.807, 2.05) is 55.5 Å². The Balaban J connectivity index is 1.89. The summed E-state index contributed by atoms with van der Waals surface area (Å²) in [5, 5.41) is 9.69. The quantitative estimate of drug-likeness (QED) is 0.882. The maximum atomic E-state index is 14.7. The van der Waals surface area contributed by atoms with E-state index in [9.17, 15) is 9.50 Å². The molecule has 0 heterocycles. The van der Waals surface area contributed by atoms with Gasteiger partial charge in [0.25, 0.3) is 0 Å². The van der Waals surface area contributed by atoms with Gasteiger partial charge in [0, 0.05) is 10.8 Å². The number of aliphatic hydroxyl groups excluding tert-OH is 1. The highest BCUT2D eigenvalue weighted by molar-refractivity contribution is 5.43. The zero-order valence-electron chi connectivity index (χ0n) is 12.3. The van der Waals surface area contributed by atoms with Crippen LogP contribution in [0.3, 0.4) is 0 Å². The van der Waals surface area contributed by atoms with Gasteiger partial charge in [0.1, 0.15) is 6.17 Å². The second-order valence-electron chi connectivity index (χ2n) is 6.26. The van der Waals surface area contributed by atoms with Crippen molar-refractivity contribution in [1.82, 2.24) is 0 Å². The molecule has 21 heavy (non-hydrogen) atoms. The summed E-state index contributed by atoms with van der Waals surface area (Å²) >= 11 is 0. The van der Waals surface area contributed by atoms with Crippen molar-refractivity contribution < 1.29 is 9.50 Å². The van der Waals surface area contributed by atoms with Crippen LogP contribution in [0.1, 0.15) is 24.5 Å². The third-order valence-corrected chi connectivity index (χ3v) is 5.20. The lowest BCUT2D eigenvalue weighted by molar-refractivity contribution is 0.188. The molecule has 0 bridgehead atoms.